The van der Waals surface area contributed by atoms with Crippen LogP contribution in [0.25, 0.3) is 0 Å². The number of para-hydroxylation sites is 1. The van der Waals surface area contributed by atoms with E-state index in [0.717, 1.165) is 5.56 Å². The summed E-state index contributed by atoms with van der Waals surface area (Å²) in [5.41, 5.74) is 2.51. The van der Waals surface area contributed by atoms with Crippen molar-refractivity contribution in [3.8, 4) is 5.75 Å². The average Bonchev–Trinajstić information content (AvgIpc) is 2.68. The Balaban J connectivity index is 1.74. The fourth-order valence-electron chi connectivity index (χ4n) is 2.69. The molecule has 0 fully saturated rings. The second-order valence-corrected chi connectivity index (χ2v) is 6.23. The van der Waals surface area contributed by atoms with E-state index in [9.17, 15) is 18.4 Å². The van der Waals surface area contributed by atoms with Crippen molar-refractivity contribution in [1.29, 1.82) is 0 Å². The summed E-state index contributed by atoms with van der Waals surface area (Å²) >= 11 is 0. The van der Waals surface area contributed by atoms with Crippen LogP contribution in [-0.4, -0.2) is 18.4 Å². The second-order valence-electron chi connectivity index (χ2n) is 6.23. The Bertz CT molecular complexity index is 1020. The van der Waals surface area contributed by atoms with Gasteiger partial charge in [-0.1, -0.05) is 24.3 Å². The fraction of sp³-hybridized carbons (Fsp3) is 0.0909. The van der Waals surface area contributed by atoms with Crippen molar-refractivity contribution >= 4 is 23.2 Å². The van der Waals surface area contributed by atoms with E-state index in [-0.39, 0.29) is 17.2 Å². The minimum Gasteiger partial charge on any atom is -0.435 e. The molecule has 148 valence electrons. The summed E-state index contributed by atoms with van der Waals surface area (Å²) in [5, 5.41) is 5.48. The molecule has 3 aromatic carbocycles. The standard InChI is InChI=1S/C22H18F2N2O3/c1-14-5-4-6-16(13-14)25-21(28)18-7-2-3-8-19(18)26-20(27)15-9-11-17(12-10-15)29-22(23)24/h2-13,22H,1H3,(H,25,28)(H,26,27). The van der Waals surface area contributed by atoms with Crippen LogP contribution in [0.15, 0.2) is 72.8 Å². The number of halogens is 2. The largest absolute Gasteiger partial charge is 0.435 e. The molecule has 5 nitrogen and oxygen atoms in total. The molecule has 0 heterocycles. The predicted molar refractivity (Wildman–Crippen MR) is 107 cm³/mol. The first-order chi connectivity index (χ1) is 13.9. The number of nitrogens with one attached hydrogen (secondary N) is 2. The van der Waals surface area contributed by atoms with E-state index in [4.69, 9.17) is 0 Å². The number of carbonyl (C=O) groups excluding carboxylic acids is 2. The van der Waals surface area contributed by atoms with Gasteiger partial charge < -0.3 is 15.4 Å². The highest BCUT2D eigenvalue weighted by Gasteiger charge is 2.15. The van der Waals surface area contributed by atoms with E-state index in [0.29, 0.717) is 16.9 Å². The van der Waals surface area contributed by atoms with Crippen LogP contribution in [-0.2, 0) is 0 Å². The van der Waals surface area contributed by atoms with Gasteiger partial charge in [0.05, 0.1) is 11.3 Å². The molecule has 3 rings (SSSR count). The Morgan fingerprint density at radius 3 is 2.28 bits per heavy atom. The highest BCUT2D eigenvalue weighted by atomic mass is 19.3. The highest BCUT2D eigenvalue weighted by Crippen LogP contribution is 2.20. The quantitative estimate of drug-likeness (QED) is 0.609. The lowest BCUT2D eigenvalue weighted by molar-refractivity contribution is -0.0498. The maximum Gasteiger partial charge on any atom is 0.387 e. The molecule has 0 saturated carbocycles. The maximum atomic E-state index is 12.7. The molecule has 0 saturated heterocycles. The number of hydrogen-bond donors (Lipinski definition) is 2. The molecule has 0 aliphatic heterocycles. The molecule has 2 amide bonds. The van der Waals surface area contributed by atoms with Gasteiger partial charge in [0.1, 0.15) is 5.75 Å². The number of carbonyl (C=O) groups is 2. The number of amides is 2. The fourth-order valence-corrected chi connectivity index (χ4v) is 2.69. The van der Waals surface area contributed by atoms with Gasteiger partial charge in [-0.05, 0) is 61.0 Å². The van der Waals surface area contributed by atoms with Gasteiger partial charge in [0.25, 0.3) is 11.8 Å². The lowest BCUT2D eigenvalue weighted by Gasteiger charge is -2.12. The number of alkyl halides is 2. The minimum absolute atomic E-state index is 0.0468. The maximum absolute atomic E-state index is 12.7. The number of aryl methyl sites for hydroxylation is 1. The molecule has 2 N–H and O–H groups in total. The van der Waals surface area contributed by atoms with Crippen LogP contribution < -0.4 is 15.4 Å². The normalized spacial score (nSPS) is 10.5. The van der Waals surface area contributed by atoms with Crippen molar-refractivity contribution in [2.45, 2.75) is 13.5 Å². The third-order valence-electron chi connectivity index (χ3n) is 4.04. The Labute approximate surface area is 166 Å². The first-order valence-electron chi connectivity index (χ1n) is 8.75. The summed E-state index contributed by atoms with van der Waals surface area (Å²) in [7, 11) is 0. The summed E-state index contributed by atoms with van der Waals surface area (Å²) in [6.07, 6.45) is 0. The van der Waals surface area contributed by atoms with Gasteiger partial charge in [0.2, 0.25) is 0 Å². The molecular weight excluding hydrogens is 378 g/mol. The van der Waals surface area contributed by atoms with Gasteiger partial charge in [-0.2, -0.15) is 8.78 Å². The average molecular weight is 396 g/mol. The zero-order chi connectivity index (χ0) is 20.8. The number of rotatable bonds is 6. The third-order valence-corrected chi connectivity index (χ3v) is 4.04. The lowest BCUT2D eigenvalue weighted by Crippen LogP contribution is -2.18. The van der Waals surface area contributed by atoms with Crippen molar-refractivity contribution in [3.63, 3.8) is 0 Å². The smallest absolute Gasteiger partial charge is 0.387 e. The molecule has 0 spiro atoms. The van der Waals surface area contributed by atoms with Gasteiger partial charge in [-0.3, -0.25) is 9.59 Å². The summed E-state index contributed by atoms with van der Waals surface area (Å²) < 4.78 is 28.7. The Kier molecular flexibility index (Phi) is 6.19. The molecular formula is C22H18F2N2O3. The van der Waals surface area contributed by atoms with E-state index in [1.54, 1.807) is 30.3 Å². The zero-order valence-corrected chi connectivity index (χ0v) is 15.5. The van der Waals surface area contributed by atoms with Crippen LogP contribution in [0.4, 0.5) is 20.2 Å². The van der Waals surface area contributed by atoms with Crippen LogP contribution in [0.2, 0.25) is 0 Å². The van der Waals surface area contributed by atoms with E-state index < -0.39 is 12.5 Å². The molecule has 29 heavy (non-hydrogen) atoms. The van der Waals surface area contributed by atoms with Crippen molar-refractivity contribution in [1.82, 2.24) is 0 Å². The summed E-state index contributed by atoms with van der Waals surface area (Å²) in [5.74, 6) is -0.897. The van der Waals surface area contributed by atoms with Crippen molar-refractivity contribution in [3.05, 3.63) is 89.5 Å². The van der Waals surface area contributed by atoms with Gasteiger partial charge in [0, 0.05) is 11.3 Å². The molecule has 0 unspecified atom stereocenters. The van der Waals surface area contributed by atoms with Crippen molar-refractivity contribution in [2.75, 3.05) is 10.6 Å². The molecule has 0 radical (unpaired) electrons. The number of hydrogen-bond acceptors (Lipinski definition) is 3. The monoisotopic (exact) mass is 396 g/mol. The number of ether oxygens (including phenoxy) is 1. The van der Waals surface area contributed by atoms with Crippen LogP contribution in [0.1, 0.15) is 26.3 Å². The Morgan fingerprint density at radius 2 is 1.59 bits per heavy atom. The second kappa shape index (κ2) is 8.97. The first kappa shape index (κ1) is 20.0. The molecule has 3 aromatic rings. The van der Waals surface area contributed by atoms with Gasteiger partial charge in [0.15, 0.2) is 0 Å². The summed E-state index contributed by atoms with van der Waals surface area (Å²) in [6, 6.07) is 19.2. The predicted octanol–water partition coefficient (Wildman–Crippen LogP) is 5.10. The summed E-state index contributed by atoms with van der Waals surface area (Å²) in [6.45, 7) is -1.02. The van der Waals surface area contributed by atoms with Crippen LogP contribution in [0, 0.1) is 6.92 Å². The van der Waals surface area contributed by atoms with Crippen LogP contribution >= 0.6 is 0 Å². The van der Waals surface area contributed by atoms with E-state index in [2.05, 4.69) is 15.4 Å². The first-order valence-corrected chi connectivity index (χ1v) is 8.75. The van der Waals surface area contributed by atoms with Gasteiger partial charge >= 0.3 is 6.61 Å². The van der Waals surface area contributed by atoms with Gasteiger partial charge in [-0.25, -0.2) is 0 Å². The Morgan fingerprint density at radius 1 is 0.862 bits per heavy atom. The minimum atomic E-state index is -2.94. The lowest BCUT2D eigenvalue weighted by atomic mass is 10.1. The topological polar surface area (TPSA) is 67.4 Å². The van der Waals surface area contributed by atoms with Gasteiger partial charge in [-0.15, -0.1) is 0 Å². The molecule has 0 bridgehead atoms. The van der Waals surface area contributed by atoms with E-state index in [1.165, 1.54) is 24.3 Å². The summed E-state index contributed by atoms with van der Waals surface area (Å²) in [4.78, 5) is 25.2. The molecule has 0 aliphatic rings. The third kappa shape index (κ3) is 5.38. The van der Waals surface area contributed by atoms with E-state index in [1.807, 2.05) is 25.1 Å². The number of anilines is 2. The molecule has 7 heteroatoms. The highest BCUT2D eigenvalue weighted by molar-refractivity contribution is 6.12. The molecule has 0 aliphatic carbocycles. The van der Waals surface area contributed by atoms with Crippen LogP contribution in [0.3, 0.4) is 0 Å². The van der Waals surface area contributed by atoms with Crippen LogP contribution in [0.5, 0.6) is 5.75 Å². The van der Waals surface area contributed by atoms with E-state index >= 15 is 0 Å². The SMILES string of the molecule is Cc1cccc(NC(=O)c2ccccc2NC(=O)c2ccc(OC(F)F)cc2)c1. The number of benzene rings is 3. The Hall–Kier alpha value is -3.74. The van der Waals surface area contributed by atoms with Crippen molar-refractivity contribution in [2.24, 2.45) is 0 Å². The zero-order valence-electron chi connectivity index (χ0n) is 15.5. The molecule has 0 aromatic heterocycles. The van der Waals surface area contributed by atoms with Crippen molar-refractivity contribution < 1.29 is 23.1 Å². The molecule has 0 atom stereocenters.